The molecule has 1 rings (SSSR count). The molecule has 0 spiro atoms. The minimum atomic E-state index is 0.840. The predicted octanol–water partition coefficient (Wildman–Crippen LogP) is -0.421. The molecule has 0 amide bonds. The molecule has 1 heterocycles. The first-order valence-corrected chi connectivity index (χ1v) is 2.59. The van der Waals surface area contributed by atoms with Crippen LogP contribution >= 0.6 is 0 Å². The van der Waals surface area contributed by atoms with Crippen molar-refractivity contribution >= 4 is 0 Å². The average Bonchev–Trinajstić information content (AvgIpc) is 1.85. The molecule has 0 saturated heterocycles. The zero-order valence-corrected chi connectivity index (χ0v) is 5.26. The number of hydrogen-bond donors (Lipinski definition) is 1. The number of rotatable bonds is 0. The van der Waals surface area contributed by atoms with E-state index in [4.69, 9.17) is 5.73 Å². The number of nitrogens with two attached hydrogens (primary N) is 1. The van der Waals surface area contributed by atoms with Crippen molar-refractivity contribution < 1.29 is 0 Å². The lowest BCUT2D eigenvalue weighted by molar-refractivity contribution is 0.326. The van der Waals surface area contributed by atoms with Gasteiger partial charge in [-0.15, -0.1) is 0 Å². The molecule has 0 fully saturated rings. The average molecular weight is 113 g/mol. The molecular formula is C5H11N3. The van der Waals surface area contributed by atoms with Gasteiger partial charge in [0.15, 0.2) is 0 Å². The second kappa shape index (κ2) is 1.58. The summed E-state index contributed by atoms with van der Waals surface area (Å²) in [6.07, 6.45) is 1.92. The van der Waals surface area contributed by atoms with Gasteiger partial charge in [-0.3, -0.25) is 0 Å². The van der Waals surface area contributed by atoms with E-state index >= 15 is 0 Å². The van der Waals surface area contributed by atoms with Gasteiger partial charge in [0.1, 0.15) is 5.82 Å². The first-order chi connectivity index (χ1) is 3.70. The maximum Gasteiger partial charge on any atom is 0.116 e. The molecule has 2 N–H and O–H groups in total. The van der Waals surface area contributed by atoms with Gasteiger partial charge >= 0.3 is 0 Å². The summed E-state index contributed by atoms with van der Waals surface area (Å²) in [5, 5.41) is 0. The molecule has 0 saturated carbocycles. The molecule has 1 aliphatic heterocycles. The lowest BCUT2D eigenvalue weighted by Gasteiger charge is -2.12. The first kappa shape index (κ1) is 5.28. The van der Waals surface area contributed by atoms with Crippen LogP contribution < -0.4 is 5.73 Å². The molecule has 1 aliphatic rings. The molecule has 0 aromatic carbocycles. The van der Waals surface area contributed by atoms with E-state index in [1.54, 1.807) is 0 Å². The minimum Gasteiger partial charge on any atom is -0.384 e. The predicted molar refractivity (Wildman–Crippen MR) is 32.7 cm³/mol. The van der Waals surface area contributed by atoms with E-state index < -0.39 is 0 Å². The van der Waals surface area contributed by atoms with Crippen LogP contribution in [0.15, 0.2) is 12.0 Å². The van der Waals surface area contributed by atoms with E-state index in [0.29, 0.717) is 0 Å². The summed E-state index contributed by atoms with van der Waals surface area (Å²) in [7, 11) is 3.96. The minimum absolute atomic E-state index is 0.840. The topological polar surface area (TPSA) is 32.5 Å². The summed E-state index contributed by atoms with van der Waals surface area (Å²) in [5.74, 6) is 0.840. The van der Waals surface area contributed by atoms with Gasteiger partial charge in [0, 0.05) is 20.3 Å². The lowest BCUT2D eigenvalue weighted by atomic mass is 10.7. The Morgan fingerprint density at radius 1 is 1.62 bits per heavy atom. The Balaban J connectivity index is 2.59. The third kappa shape index (κ3) is 0.710. The van der Waals surface area contributed by atoms with Gasteiger partial charge in [0.25, 0.3) is 0 Å². The number of hydrogen-bond acceptors (Lipinski definition) is 3. The highest BCUT2D eigenvalue weighted by molar-refractivity contribution is 4.98. The quantitative estimate of drug-likeness (QED) is 0.463. The van der Waals surface area contributed by atoms with Crippen molar-refractivity contribution in [1.82, 2.24) is 9.80 Å². The zero-order valence-electron chi connectivity index (χ0n) is 5.26. The molecule has 8 heavy (non-hydrogen) atoms. The van der Waals surface area contributed by atoms with Crippen LogP contribution in [0.25, 0.3) is 0 Å². The highest BCUT2D eigenvalue weighted by Gasteiger charge is 2.08. The summed E-state index contributed by atoms with van der Waals surface area (Å²) in [6, 6.07) is 0. The molecule has 0 aliphatic carbocycles. The van der Waals surface area contributed by atoms with Crippen molar-refractivity contribution in [3.8, 4) is 0 Å². The Labute approximate surface area is 49.4 Å². The molecule has 3 heteroatoms. The molecule has 0 aromatic heterocycles. The van der Waals surface area contributed by atoms with E-state index in [9.17, 15) is 0 Å². The van der Waals surface area contributed by atoms with Gasteiger partial charge in [-0.25, -0.2) is 0 Å². The van der Waals surface area contributed by atoms with Crippen molar-refractivity contribution in [3.63, 3.8) is 0 Å². The monoisotopic (exact) mass is 113 g/mol. The van der Waals surface area contributed by atoms with Crippen LogP contribution in [0.5, 0.6) is 0 Å². The second-order valence-corrected chi connectivity index (χ2v) is 2.15. The van der Waals surface area contributed by atoms with Crippen LogP contribution in [0.3, 0.4) is 0 Å². The van der Waals surface area contributed by atoms with Crippen LogP contribution in [-0.2, 0) is 0 Å². The standard InChI is InChI=1S/C5H11N3/c1-7-3-5(6)8(2)4-7/h3H,4,6H2,1-2H3. The summed E-state index contributed by atoms with van der Waals surface area (Å²) in [4.78, 5) is 4.02. The second-order valence-electron chi connectivity index (χ2n) is 2.15. The molecule has 0 aromatic rings. The molecular weight excluding hydrogens is 102 g/mol. The Bertz CT molecular complexity index is 119. The SMILES string of the molecule is CN1C=C(N)N(C)C1. The third-order valence-corrected chi connectivity index (χ3v) is 1.23. The maximum atomic E-state index is 5.51. The fraction of sp³-hybridized carbons (Fsp3) is 0.600. The van der Waals surface area contributed by atoms with Crippen LogP contribution in [0.4, 0.5) is 0 Å². The molecule has 3 nitrogen and oxygen atoms in total. The van der Waals surface area contributed by atoms with Crippen LogP contribution in [0.2, 0.25) is 0 Å². The Morgan fingerprint density at radius 2 is 2.25 bits per heavy atom. The van der Waals surface area contributed by atoms with E-state index in [0.717, 1.165) is 12.5 Å². The smallest absolute Gasteiger partial charge is 0.116 e. The van der Waals surface area contributed by atoms with E-state index in [1.807, 2.05) is 30.1 Å². The molecule has 0 atom stereocenters. The van der Waals surface area contributed by atoms with Crippen molar-refractivity contribution in [2.45, 2.75) is 0 Å². The van der Waals surface area contributed by atoms with Crippen molar-refractivity contribution in [1.29, 1.82) is 0 Å². The van der Waals surface area contributed by atoms with Crippen LogP contribution in [0.1, 0.15) is 0 Å². The van der Waals surface area contributed by atoms with Crippen molar-refractivity contribution in [2.75, 3.05) is 20.8 Å². The zero-order chi connectivity index (χ0) is 6.15. The van der Waals surface area contributed by atoms with Gasteiger partial charge in [-0.2, -0.15) is 0 Å². The fourth-order valence-electron chi connectivity index (χ4n) is 0.781. The van der Waals surface area contributed by atoms with E-state index in [1.165, 1.54) is 0 Å². The summed E-state index contributed by atoms with van der Waals surface area (Å²) < 4.78 is 0. The highest BCUT2D eigenvalue weighted by Crippen LogP contribution is 2.04. The fourth-order valence-corrected chi connectivity index (χ4v) is 0.781. The van der Waals surface area contributed by atoms with Gasteiger partial charge in [-0.1, -0.05) is 0 Å². The summed E-state index contributed by atoms with van der Waals surface area (Å²) in [5.41, 5.74) is 5.51. The molecule has 0 unspecified atom stereocenters. The van der Waals surface area contributed by atoms with Crippen LogP contribution in [-0.4, -0.2) is 30.6 Å². The normalized spacial score (nSPS) is 19.5. The van der Waals surface area contributed by atoms with Gasteiger partial charge < -0.3 is 15.5 Å². The lowest BCUT2D eigenvalue weighted by Crippen LogP contribution is -2.22. The molecule has 46 valence electrons. The van der Waals surface area contributed by atoms with E-state index in [-0.39, 0.29) is 0 Å². The Morgan fingerprint density at radius 3 is 2.38 bits per heavy atom. The number of nitrogens with zero attached hydrogens (tertiary/aromatic N) is 2. The third-order valence-electron chi connectivity index (χ3n) is 1.23. The molecule has 0 bridgehead atoms. The van der Waals surface area contributed by atoms with Gasteiger partial charge in [0.05, 0.1) is 6.67 Å². The van der Waals surface area contributed by atoms with Crippen LogP contribution in [0, 0.1) is 0 Å². The Kier molecular flexibility index (Phi) is 1.04. The van der Waals surface area contributed by atoms with Crippen molar-refractivity contribution in [2.24, 2.45) is 5.73 Å². The Hall–Kier alpha value is -0.860. The highest BCUT2D eigenvalue weighted by atomic mass is 15.4. The molecule has 0 radical (unpaired) electrons. The summed E-state index contributed by atoms with van der Waals surface area (Å²) >= 11 is 0. The van der Waals surface area contributed by atoms with Gasteiger partial charge in [-0.05, 0) is 0 Å². The largest absolute Gasteiger partial charge is 0.384 e. The van der Waals surface area contributed by atoms with Gasteiger partial charge in [0.2, 0.25) is 0 Å². The summed E-state index contributed by atoms with van der Waals surface area (Å²) in [6.45, 7) is 0.909. The maximum absolute atomic E-state index is 5.51. The van der Waals surface area contributed by atoms with E-state index in [2.05, 4.69) is 0 Å². The van der Waals surface area contributed by atoms with Crippen molar-refractivity contribution in [3.05, 3.63) is 12.0 Å². The first-order valence-electron chi connectivity index (χ1n) is 2.59.